The van der Waals surface area contributed by atoms with Gasteiger partial charge in [-0.05, 0) is 25.0 Å². The van der Waals surface area contributed by atoms with Gasteiger partial charge in [-0.2, -0.15) is 0 Å². The van der Waals surface area contributed by atoms with Gasteiger partial charge in [0.2, 0.25) is 5.91 Å². The highest BCUT2D eigenvalue weighted by Gasteiger charge is 2.08. The summed E-state index contributed by atoms with van der Waals surface area (Å²) in [6.07, 6.45) is 1.29. The average Bonchev–Trinajstić information content (AvgIpc) is 2.21. The topological polar surface area (TPSA) is 29.1 Å². The number of benzene rings is 1. The molecule has 1 amide bonds. The second-order valence-electron chi connectivity index (χ2n) is 3.64. The zero-order valence-electron chi connectivity index (χ0n) is 9.09. The van der Waals surface area contributed by atoms with Gasteiger partial charge in [0.05, 0.1) is 6.42 Å². The average molecular weight is 226 g/mol. The van der Waals surface area contributed by atoms with Crippen LogP contribution in [0.2, 0.25) is 5.02 Å². The van der Waals surface area contributed by atoms with Crippen LogP contribution in [-0.2, 0) is 11.2 Å². The Morgan fingerprint density at radius 2 is 2.13 bits per heavy atom. The lowest BCUT2D eigenvalue weighted by atomic mass is 10.1. The van der Waals surface area contributed by atoms with E-state index in [2.05, 4.69) is 5.32 Å². The number of halogens is 1. The smallest absolute Gasteiger partial charge is 0.224 e. The maximum absolute atomic E-state index is 11.6. The molecule has 0 radical (unpaired) electrons. The van der Waals surface area contributed by atoms with Crippen molar-refractivity contribution in [1.29, 1.82) is 0 Å². The molecule has 0 fully saturated rings. The lowest BCUT2D eigenvalue weighted by Gasteiger charge is -2.11. The first-order valence-electron chi connectivity index (χ1n) is 5.16. The van der Waals surface area contributed by atoms with E-state index in [1.807, 2.05) is 32.0 Å². The number of carbonyl (C=O) groups is 1. The molecule has 0 aromatic heterocycles. The highest BCUT2D eigenvalue weighted by atomic mass is 35.5. The van der Waals surface area contributed by atoms with Crippen LogP contribution in [0.4, 0.5) is 0 Å². The van der Waals surface area contributed by atoms with E-state index in [1.54, 1.807) is 6.07 Å². The first kappa shape index (κ1) is 12.1. The molecule has 0 aliphatic carbocycles. The predicted octanol–water partition coefficient (Wildman–Crippen LogP) is 2.80. The molecule has 1 rings (SSSR count). The molecule has 0 bridgehead atoms. The highest BCUT2D eigenvalue weighted by Crippen LogP contribution is 2.15. The minimum absolute atomic E-state index is 0.0254. The number of amides is 1. The standard InChI is InChI=1S/C12H16ClNO/c1-3-9(2)14-12(15)8-10-6-4-5-7-11(10)13/h4-7,9H,3,8H2,1-2H3,(H,14,15)/t9-/m0/s1. The lowest BCUT2D eigenvalue weighted by molar-refractivity contribution is -0.121. The van der Waals surface area contributed by atoms with Crippen molar-refractivity contribution in [2.24, 2.45) is 0 Å². The third kappa shape index (κ3) is 3.92. The molecule has 1 atom stereocenters. The molecule has 15 heavy (non-hydrogen) atoms. The number of hydrogen-bond donors (Lipinski definition) is 1. The zero-order valence-corrected chi connectivity index (χ0v) is 9.84. The van der Waals surface area contributed by atoms with Gasteiger partial charge in [0, 0.05) is 11.1 Å². The summed E-state index contributed by atoms with van der Waals surface area (Å²) in [5, 5.41) is 3.56. The molecule has 1 aromatic rings. The number of carbonyl (C=O) groups excluding carboxylic acids is 1. The summed E-state index contributed by atoms with van der Waals surface area (Å²) in [5.41, 5.74) is 0.875. The molecule has 0 saturated heterocycles. The third-order valence-corrected chi connectivity index (χ3v) is 2.70. The zero-order chi connectivity index (χ0) is 11.3. The maximum atomic E-state index is 11.6. The summed E-state index contributed by atoms with van der Waals surface area (Å²) in [4.78, 5) is 11.6. The van der Waals surface area contributed by atoms with E-state index in [0.717, 1.165) is 12.0 Å². The third-order valence-electron chi connectivity index (χ3n) is 2.33. The van der Waals surface area contributed by atoms with E-state index < -0.39 is 0 Å². The molecular formula is C12H16ClNO. The van der Waals surface area contributed by atoms with E-state index in [1.165, 1.54) is 0 Å². The van der Waals surface area contributed by atoms with Crippen LogP contribution in [0.25, 0.3) is 0 Å². The first-order valence-corrected chi connectivity index (χ1v) is 5.54. The molecule has 82 valence electrons. The van der Waals surface area contributed by atoms with Crippen LogP contribution in [0.1, 0.15) is 25.8 Å². The Bertz CT molecular complexity index is 338. The Kier molecular flexibility index (Phi) is 4.63. The minimum atomic E-state index is 0.0254. The normalized spacial score (nSPS) is 12.2. The van der Waals surface area contributed by atoms with Crippen LogP contribution in [-0.4, -0.2) is 11.9 Å². The molecule has 0 unspecified atom stereocenters. The molecule has 0 heterocycles. The van der Waals surface area contributed by atoms with Crippen molar-refractivity contribution in [3.05, 3.63) is 34.9 Å². The van der Waals surface area contributed by atoms with Crippen LogP contribution in [0.3, 0.4) is 0 Å². The largest absolute Gasteiger partial charge is 0.353 e. The van der Waals surface area contributed by atoms with Crippen molar-refractivity contribution in [3.63, 3.8) is 0 Å². The fourth-order valence-electron chi connectivity index (χ4n) is 1.24. The number of hydrogen-bond acceptors (Lipinski definition) is 1. The predicted molar refractivity (Wildman–Crippen MR) is 63.1 cm³/mol. The van der Waals surface area contributed by atoms with E-state index in [9.17, 15) is 4.79 Å². The summed E-state index contributed by atoms with van der Waals surface area (Å²) < 4.78 is 0. The van der Waals surface area contributed by atoms with E-state index in [0.29, 0.717) is 11.4 Å². The summed E-state index contributed by atoms with van der Waals surface area (Å²) in [7, 11) is 0. The molecule has 3 heteroatoms. The summed E-state index contributed by atoms with van der Waals surface area (Å²) >= 11 is 5.96. The highest BCUT2D eigenvalue weighted by molar-refractivity contribution is 6.31. The first-order chi connectivity index (χ1) is 7.13. The molecule has 0 aliphatic rings. The lowest BCUT2D eigenvalue weighted by Crippen LogP contribution is -2.33. The van der Waals surface area contributed by atoms with Crippen molar-refractivity contribution >= 4 is 17.5 Å². The second kappa shape index (κ2) is 5.76. The van der Waals surface area contributed by atoms with Gasteiger partial charge in [-0.15, -0.1) is 0 Å². The van der Waals surface area contributed by atoms with Gasteiger partial charge in [0.1, 0.15) is 0 Å². The quantitative estimate of drug-likeness (QED) is 0.839. The van der Waals surface area contributed by atoms with Crippen LogP contribution in [0, 0.1) is 0 Å². The van der Waals surface area contributed by atoms with E-state index in [-0.39, 0.29) is 11.9 Å². The molecule has 2 nitrogen and oxygen atoms in total. The van der Waals surface area contributed by atoms with Gasteiger partial charge in [0.15, 0.2) is 0 Å². The molecule has 0 aliphatic heterocycles. The number of nitrogens with one attached hydrogen (secondary N) is 1. The summed E-state index contributed by atoms with van der Waals surface area (Å²) in [6.45, 7) is 4.03. The van der Waals surface area contributed by atoms with E-state index >= 15 is 0 Å². The Labute approximate surface area is 95.6 Å². The Morgan fingerprint density at radius 3 is 2.73 bits per heavy atom. The second-order valence-corrected chi connectivity index (χ2v) is 4.05. The van der Waals surface area contributed by atoms with Crippen molar-refractivity contribution in [1.82, 2.24) is 5.32 Å². The minimum Gasteiger partial charge on any atom is -0.353 e. The van der Waals surface area contributed by atoms with Crippen LogP contribution < -0.4 is 5.32 Å². The Balaban J connectivity index is 2.55. The van der Waals surface area contributed by atoms with Crippen LogP contribution in [0.5, 0.6) is 0 Å². The van der Waals surface area contributed by atoms with Crippen LogP contribution in [0.15, 0.2) is 24.3 Å². The summed E-state index contributed by atoms with van der Waals surface area (Å²) in [6, 6.07) is 7.64. The van der Waals surface area contributed by atoms with Crippen molar-refractivity contribution < 1.29 is 4.79 Å². The van der Waals surface area contributed by atoms with Crippen LogP contribution >= 0.6 is 11.6 Å². The van der Waals surface area contributed by atoms with Crippen molar-refractivity contribution in [2.75, 3.05) is 0 Å². The van der Waals surface area contributed by atoms with Gasteiger partial charge in [-0.3, -0.25) is 4.79 Å². The fourth-order valence-corrected chi connectivity index (χ4v) is 1.45. The molecule has 1 aromatic carbocycles. The van der Waals surface area contributed by atoms with Gasteiger partial charge < -0.3 is 5.32 Å². The Morgan fingerprint density at radius 1 is 1.47 bits per heavy atom. The van der Waals surface area contributed by atoms with Crippen molar-refractivity contribution in [3.8, 4) is 0 Å². The van der Waals surface area contributed by atoms with Gasteiger partial charge >= 0.3 is 0 Å². The monoisotopic (exact) mass is 225 g/mol. The fraction of sp³-hybridized carbons (Fsp3) is 0.417. The maximum Gasteiger partial charge on any atom is 0.224 e. The van der Waals surface area contributed by atoms with Gasteiger partial charge in [-0.25, -0.2) is 0 Å². The van der Waals surface area contributed by atoms with Crippen molar-refractivity contribution in [2.45, 2.75) is 32.7 Å². The van der Waals surface area contributed by atoms with E-state index in [4.69, 9.17) is 11.6 Å². The van der Waals surface area contributed by atoms with Gasteiger partial charge in [0.25, 0.3) is 0 Å². The number of rotatable bonds is 4. The SMILES string of the molecule is CC[C@H](C)NC(=O)Cc1ccccc1Cl. The molecule has 0 saturated carbocycles. The van der Waals surface area contributed by atoms with Gasteiger partial charge in [-0.1, -0.05) is 36.7 Å². The molecular weight excluding hydrogens is 210 g/mol. The molecule has 1 N–H and O–H groups in total. The summed E-state index contributed by atoms with van der Waals surface area (Å²) in [5.74, 6) is 0.0254. The molecule has 0 spiro atoms. The Hall–Kier alpha value is -1.02.